The fraction of sp³-hybridized carbons (Fsp3) is 0.667. The van der Waals surface area contributed by atoms with Crippen LogP contribution in [0.3, 0.4) is 0 Å². The Bertz CT molecular complexity index is 473. The summed E-state index contributed by atoms with van der Waals surface area (Å²) in [7, 11) is 0. The van der Waals surface area contributed by atoms with Crippen LogP contribution in [0.1, 0.15) is 44.6 Å². The highest BCUT2D eigenvalue weighted by molar-refractivity contribution is 5.76. The molecule has 116 valence electrons. The van der Waals surface area contributed by atoms with Crippen LogP contribution in [0.15, 0.2) is 6.20 Å². The van der Waals surface area contributed by atoms with Crippen LogP contribution in [-0.2, 0) is 4.79 Å². The summed E-state index contributed by atoms with van der Waals surface area (Å²) in [5.74, 6) is 1.65. The molecule has 21 heavy (non-hydrogen) atoms. The molecule has 6 heteroatoms. The summed E-state index contributed by atoms with van der Waals surface area (Å²) in [6.45, 7) is 5.69. The highest BCUT2D eigenvalue weighted by Gasteiger charge is 2.22. The minimum Gasteiger partial charge on any atom is -0.370 e. The second-order valence-corrected chi connectivity index (χ2v) is 5.52. The molecule has 0 radical (unpaired) electrons. The third kappa shape index (κ3) is 5.57. The van der Waals surface area contributed by atoms with E-state index in [9.17, 15) is 4.79 Å². The minimum atomic E-state index is 0.156. The van der Waals surface area contributed by atoms with Crippen molar-refractivity contribution in [2.45, 2.75) is 52.0 Å². The van der Waals surface area contributed by atoms with Crippen molar-refractivity contribution in [3.05, 3.63) is 11.8 Å². The van der Waals surface area contributed by atoms with E-state index in [1.165, 1.54) is 0 Å². The zero-order valence-corrected chi connectivity index (χ0v) is 12.9. The fourth-order valence-corrected chi connectivity index (χ4v) is 1.93. The van der Waals surface area contributed by atoms with Gasteiger partial charge in [-0.25, -0.2) is 4.98 Å². The average molecular weight is 291 g/mol. The number of anilines is 2. The largest absolute Gasteiger partial charge is 0.370 e. The third-order valence-electron chi connectivity index (χ3n) is 3.32. The molecular weight excluding hydrogens is 266 g/mol. The molecule has 0 aromatic carbocycles. The van der Waals surface area contributed by atoms with Gasteiger partial charge in [-0.05, 0) is 32.6 Å². The van der Waals surface area contributed by atoms with Crippen LogP contribution in [0.5, 0.6) is 0 Å². The van der Waals surface area contributed by atoms with Gasteiger partial charge in [-0.15, -0.1) is 0 Å². The van der Waals surface area contributed by atoms with Crippen LogP contribution in [0, 0.1) is 6.92 Å². The first-order valence-corrected chi connectivity index (χ1v) is 7.79. The maximum absolute atomic E-state index is 11.6. The number of rotatable bonds is 9. The van der Waals surface area contributed by atoms with Crippen LogP contribution in [0.4, 0.5) is 11.8 Å². The number of aryl methyl sites for hydroxylation is 1. The van der Waals surface area contributed by atoms with E-state index in [1.54, 1.807) is 0 Å². The molecule has 0 unspecified atom stereocenters. The van der Waals surface area contributed by atoms with Gasteiger partial charge < -0.3 is 16.0 Å². The molecule has 1 aromatic heterocycles. The van der Waals surface area contributed by atoms with E-state index >= 15 is 0 Å². The highest BCUT2D eigenvalue weighted by Crippen LogP contribution is 2.18. The van der Waals surface area contributed by atoms with E-state index in [0.717, 1.165) is 50.2 Å². The van der Waals surface area contributed by atoms with Gasteiger partial charge in [0.15, 0.2) is 0 Å². The van der Waals surface area contributed by atoms with Gasteiger partial charge in [-0.3, -0.25) is 4.79 Å². The number of carbonyl (C=O) groups excluding carboxylic acids is 1. The van der Waals surface area contributed by atoms with Crippen molar-refractivity contribution in [2.75, 3.05) is 23.7 Å². The molecule has 1 amide bonds. The first-order valence-electron chi connectivity index (χ1n) is 7.79. The number of carbonyl (C=O) groups is 1. The normalized spacial score (nSPS) is 13.8. The molecule has 0 bridgehead atoms. The number of hydrogen-bond acceptors (Lipinski definition) is 5. The number of hydrogen-bond donors (Lipinski definition) is 3. The number of aromatic nitrogens is 2. The molecule has 1 aromatic rings. The zero-order chi connectivity index (χ0) is 15.1. The van der Waals surface area contributed by atoms with Gasteiger partial charge >= 0.3 is 0 Å². The second kappa shape index (κ2) is 7.81. The highest BCUT2D eigenvalue weighted by atomic mass is 16.1. The molecule has 6 nitrogen and oxygen atoms in total. The molecule has 2 rings (SSSR count). The summed E-state index contributed by atoms with van der Waals surface area (Å²) in [5.41, 5.74) is 1.01. The van der Waals surface area contributed by atoms with E-state index in [4.69, 9.17) is 0 Å². The maximum atomic E-state index is 11.6. The maximum Gasteiger partial charge on any atom is 0.224 e. The van der Waals surface area contributed by atoms with Crippen LogP contribution in [-0.4, -0.2) is 35.0 Å². The minimum absolute atomic E-state index is 0.156. The van der Waals surface area contributed by atoms with E-state index in [1.807, 2.05) is 13.1 Å². The van der Waals surface area contributed by atoms with Gasteiger partial charge in [0.2, 0.25) is 11.9 Å². The van der Waals surface area contributed by atoms with Crippen LogP contribution in [0.2, 0.25) is 0 Å². The molecule has 0 atom stereocenters. The van der Waals surface area contributed by atoms with Crippen molar-refractivity contribution in [3.63, 3.8) is 0 Å². The Hall–Kier alpha value is -1.85. The topological polar surface area (TPSA) is 78.9 Å². The molecule has 1 aliphatic carbocycles. The Morgan fingerprint density at radius 2 is 2.14 bits per heavy atom. The molecule has 0 aliphatic heterocycles. The van der Waals surface area contributed by atoms with Crippen LogP contribution in [0.25, 0.3) is 0 Å². The first kappa shape index (κ1) is 15.5. The van der Waals surface area contributed by atoms with Gasteiger partial charge in [0.1, 0.15) is 5.82 Å². The van der Waals surface area contributed by atoms with Crippen molar-refractivity contribution < 1.29 is 4.79 Å². The molecular formula is C15H25N5O. The van der Waals surface area contributed by atoms with Crippen LogP contribution < -0.4 is 16.0 Å². The van der Waals surface area contributed by atoms with Crippen molar-refractivity contribution in [1.29, 1.82) is 0 Å². The first-order chi connectivity index (χ1) is 10.2. The van der Waals surface area contributed by atoms with E-state index in [0.29, 0.717) is 18.4 Å². The summed E-state index contributed by atoms with van der Waals surface area (Å²) < 4.78 is 0. The lowest BCUT2D eigenvalue weighted by atomic mass is 10.3. The van der Waals surface area contributed by atoms with E-state index in [-0.39, 0.29) is 5.91 Å². The molecule has 0 saturated heterocycles. The lowest BCUT2D eigenvalue weighted by Gasteiger charge is -2.10. The Balaban J connectivity index is 1.72. The van der Waals surface area contributed by atoms with Crippen LogP contribution >= 0.6 is 0 Å². The Labute approximate surface area is 126 Å². The second-order valence-electron chi connectivity index (χ2n) is 5.52. The summed E-state index contributed by atoms with van der Waals surface area (Å²) in [5, 5.41) is 9.45. The number of nitrogens with zero attached hydrogens (tertiary/aromatic N) is 2. The number of amides is 1. The zero-order valence-electron chi connectivity index (χ0n) is 12.9. The Kier molecular flexibility index (Phi) is 5.78. The molecule has 1 saturated carbocycles. The van der Waals surface area contributed by atoms with Gasteiger partial charge in [0, 0.05) is 37.3 Å². The standard InChI is InChI=1S/C15H25N5O/c1-3-8-17-15-18-10-11(2)14(20-15)16-9-4-5-13(21)19-12-6-7-12/h10,12H,3-9H2,1-2H3,(H,19,21)(H2,16,17,18,20). The lowest BCUT2D eigenvalue weighted by Crippen LogP contribution is -2.25. The SMILES string of the molecule is CCCNc1ncc(C)c(NCCCC(=O)NC2CC2)n1. The third-order valence-corrected chi connectivity index (χ3v) is 3.32. The Morgan fingerprint density at radius 3 is 2.86 bits per heavy atom. The smallest absolute Gasteiger partial charge is 0.224 e. The summed E-state index contributed by atoms with van der Waals surface area (Å²) in [6.07, 6.45) is 6.49. The summed E-state index contributed by atoms with van der Waals surface area (Å²) in [6, 6.07) is 0.446. The molecule has 1 heterocycles. The molecule has 0 spiro atoms. The predicted octanol–water partition coefficient (Wildman–Crippen LogP) is 2.08. The van der Waals surface area contributed by atoms with Crippen molar-refractivity contribution in [1.82, 2.24) is 15.3 Å². The monoisotopic (exact) mass is 291 g/mol. The van der Waals surface area contributed by atoms with Gasteiger partial charge in [0.05, 0.1) is 0 Å². The van der Waals surface area contributed by atoms with Crippen molar-refractivity contribution >= 4 is 17.7 Å². The van der Waals surface area contributed by atoms with Gasteiger partial charge in [-0.2, -0.15) is 4.98 Å². The average Bonchev–Trinajstić information content (AvgIpc) is 3.27. The quantitative estimate of drug-likeness (QED) is 0.607. The summed E-state index contributed by atoms with van der Waals surface area (Å²) >= 11 is 0. The lowest BCUT2D eigenvalue weighted by molar-refractivity contribution is -0.121. The van der Waals surface area contributed by atoms with Crippen molar-refractivity contribution in [2.24, 2.45) is 0 Å². The molecule has 1 aliphatic rings. The Morgan fingerprint density at radius 1 is 1.33 bits per heavy atom. The van der Waals surface area contributed by atoms with Crippen molar-refractivity contribution in [3.8, 4) is 0 Å². The number of nitrogens with one attached hydrogen (secondary N) is 3. The molecule has 1 fully saturated rings. The van der Waals surface area contributed by atoms with Gasteiger partial charge in [-0.1, -0.05) is 6.92 Å². The van der Waals surface area contributed by atoms with E-state index in [2.05, 4.69) is 32.8 Å². The van der Waals surface area contributed by atoms with E-state index < -0.39 is 0 Å². The van der Waals surface area contributed by atoms with Gasteiger partial charge in [0.25, 0.3) is 0 Å². The molecule has 3 N–H and O–H groups in total. The fourth-order valence-electron chi connectivity index (χ4n) is 1.93. The summed E-state index contributed by atoms with van der Waals surface area (Å²) in [4.78, 5) is 20.3. The predicted molar refractivity (Wildman–Crippen MR) is 84.4 cm³/mol.